The number of pyridine rings is 1. The zero-order chi connectivity index (χ0) is 15.0. The van der Waals surface area contributed by atoms with Gasteiger partial charge in [0.25, 0.3) is 0 Å². The highest BCUT2D eigenvalue weighted by molar-refractivity contribution is 6.10. The van der Waals surface area contributed by atoms with Crippen LogP contribution in [0.25, 0.3) is 10.9 Å². The first kappa shape index (κ1) is 13.3. The SMILES string of the molecule is O=C(c1ccc2ncccc2c1)c1c(F)cc(F)cc1F. The van der Waals surface area contributed by atoms with Crippen molar-refractivity contribution in [2.45, 2.75) is 0 Å². The molecule has 1 aromatic heterocycles. The summed E-state index contributed by atoms with van der Waals surface area (Å²) in [7, 11) is 0. The predicted octanol–water partition coefficient (Wildman–Crippen LogP) is 3.88. The molecule has 0 aliphatic rings. The van der Waals surface area contributed by atoms with E-state index in [0.29, 0.717) is 23.0 Å². The molecule has 0 atom stereocenters. The summed E-state index contributed by atoms with van der Waals surface area (Å²) < 4.78 is 40.2. The summed E-state index contributed by atoms with van der Waals surface area (Å²) in [5.41, 5.74) is 0.00801. The second-order valence-electron chi connectivity index (χ2n) is 4.48. The molecule has 0 spiro atoms. The van der Waals surface area contributed by atoms with Gasteiger partial charge >= 0.3 is 0 Å². The minimum atomic E-state index is -1.22. The maximum atomic E-state index is 13.6. The number of hydrogen-bond donors (Lipinski definition) is 0. The van der Waals surface area contributed by atoms with Gasteiger partial charge in [0.2, 0.25) is 0 Å². The summed E-state index contributed by atoms with van der Waals surface area (Å²) in [4.78, 5) is 16.3. The third kappa shape index (κ3) is 2.38. The first-order valence-corrected chi connectivity index (χ1v) is 6.10. The van der Waals surface area contributed by atoms with Crippen LogP contribution in [0.2, 0.25) is 0 Å². The van der Waals surface area contributed by atoms with Crippen LogP contribution >= 0.6 is 0 Å². The van der Waals surface area contributed by atoms with Crippen LogP contribution in [0.5, 0.6) is 0 Å². The fourth-order valence-electron chi connectivity index (χ4n) is 2.12. The number of carbonyl (C=O) groups is 1. The number of halogens is 3. The summed E-state index contributed by atoms with van der Waals surface area (Å²) in [6, 6.07) is 8.90. The molecule has 0 amide bonds. The fourth-order valence-corrected chi connectivity index (χ4v) is 2.12. The van der Waals surface area contributed by atoms with Gasteiger partial charge in [0.05, 0.1) is 11.1 Å². The van der Waals surface area contributed by atoms with Crippen LogP contribution in [0, 0.1) is 17.5 Å². The fraction of sp³-hybridized carbons (Fsp3) is 0. The molecule has 3 rings (SSSR count). The summed E-state index contributed by atoms with van der Waals surface area (Å²) in [6.07, 6.45) is 1.60. The molecule has 2 nitrogen and oxygen atoms in total. The average Bonchev–Trinajstić information content (AvgIpc) is 2.45. The maximum absolute atomic E-state index is 13.6. The standard InChI is InChI=1S/C16H8F3NO/c17-11-7-12(18)15(13(19)8-11)16(21)10-3-4-14-9(6-10)2-1-5-20-14/h1-8H. The number of hydrogen-bond acceptors (Lipinski definition) is 2. The molecule has 5 heteroatoms. The van der Waals surface area contributed by atoms with Crippen molar-refractivity contribution in [1.29, 1.82) is 0 Å². The molecule has 0 saturated carbocycles. The monoisotopic (exact) mass is 287 g/mol. The van der Waals surface area contributed by atoms with Crippen LogP contribution < -0.4 is 0 Å². The van der Waals surface area contributed by atoms with Gasteiger partial charge < -0.3 is 0 Å². The minimum absolute atomic E-state index is 0.111. The second-order valence-corrected chi connectivity index (χ2v) is 4.48. The van der Waals surface area contributed by atoms with Gasteiger partial charge in [-0.15, -0.1) is 0 Å². The van der Waals surface area contributed by atoms with Crippen molar-refractivity contribution in [2.75, 3.05) is 0 Å². The van der Waals surface area contributed by atoms with E-state index in [-0.39, 0.29) is 5.56 Å². The topological polar surface area (TPSA) is 30.0 Å². The molecule has 0 saturated heterocycles. The smallest absolute Gasteiger partial charge is 0.198 e. The number of carbonyl (C=O) groups excluding carboxylic acids is 1. The van der Waals surface area contributed by atoms with Crippen molar-refractivity contribution in [3.63, 3.8) is 0 Å². The first-order chi connectivity index (χ1) is 10.1. The van der Waals surface area contributed by atoms with Gasteiger partial charge in [-0.25, -0.2) is 13.2 Å². The molecule has 0 unspecified atom stereocenters. The zero-order valence-electron chi connectivity index (χ0n) is 10.6. The molecule has 0 radical (unpaired) electrons. The van der Waals surface area contributed by atoms with E-state index < -0.39 is 28.8 Å². The summed E-state index contributed by atoms with van der Waals surface area (Å²) in [5.74, 6) is -4.34. The normalized spacial score (nSPS) is 10.8. The predicted molar refractivity (Wildman–Crippen MR) is 71.5 cm³/mol. The largest absolute Gasteiger partial charge is 0.288 e. The Morgan fingerprint density at radius 2 is 1.67 bits per heavy atom. The molecule has 0 fully saturated rings. The maximum Gasteiger partial charge on any atom is 0.198 e. The lowest BCUT2D eigenvalue weighted by Crippen LogP contribution is -2.08. The van der Waals surface area contributed by atoms with E-state index in [1.807, 2.05) is 0 Å². The van der Waals surface area contributed by atoms with Crippen molar-refractivity contribution in [2.24, 2.45) is 0 Å². The van der Waals surface area contributed by atoms with Gasteiger partial charge in [-0.1, -0.05) is 6.07 Å². The Balaban J connectivity index is 2.12. The Kier molecular flexibility index (Phi) is 3.17. The van der Waals surface area contributed by atoms with Gasteiger partial charge in [-0.05, 0) is 24.3 Å². The molecule has 3 aromatic rings. The Hall–Kier alpha value is -2.69. The first-order valence-electron chi connectivity index (χ1n) is 6.10. The molecule has 0 aliphatic heterocycles. The number of aromatic nitrogens is 1. The highest BCUT2D eigenvalue weighted by Crippen LogP contribution is 2.21. The number of ketones is 1. The number of benzene rings is 2. The average molecular weight is 287 g/mol. The highest BCUT2D eigenvalue weighted by atomic mass is 19.1. The van der Waals surface area contributed by atoms with Crippen molar-refractivity contribution >= 4 is 16.7 Å². The third-order valence-electron chi connectivity index (χ3n) is 3.10. The number of rotatable bonds is 2. The molecule has 21 heavy (non-hydrogen) atoms. The Morgan fingerprint density at radius 3 is 2.38 bits per heavy atom. The number of fused-ring (bicyclic) bond motifs is 1. The van der Waals surface area contributed by atoms with E-state index in [1.54, 1.807) is 24.4 Å². The highest BCUT2D eigenvalue weighted by Gasteiger charge is 2.20. The lowest BCUT2D eigenvalue weighted by Gasteiger charge is -2.06. The van der Waals surface area contributed by atoms with E-state index in [4.69, 9.17) is 0 Å². The third-order valence-corrected chi connectivity index (χ3v) is 3.10. The Morgan fingerprint density at radius 1 is 0.952 bits per heavy atom. The van der Waals surface area contributed by atoms with Gasteiger partial charge in [0.1, 0.15) is 17.5 Å². The summed E-state index contributed by atoms with van der Waals surface area (Å²) in [5, 5.41) is 0.672. The molecule has 1 heterocycles. The lowest BCUT2D eigenvalue weighted by molar-refractivity contribution is 0.103. The van der Waals surface area contributed by atoms with Crippen LogP contribution in [0.3, 0.4) is 0 Å². The van der Waals surface area contributed by atoms with Crippen LogP contribution in [-0.2, 0) is 0 Å². The summed E-state index contributed by atoms with van der Waals surface area (Å²) in [6.45, 7) is 0. The van der Waals surface area contributed by atoms with Gasteiger partial charge in [-0.3, -0.25) is 9.78 Å². The van der Waals surface area contributed by atoms with Crippen molar-refractivity contribution in [3.8, 4) is 0 Å². The lowest BCUT2D eigenvalue weighted by atomic mass is 10.0. The number of nitrogens with zero attached hydrogens (tertiary/aromatic N) is 1. The van der Waals surface area contributed by atoms with Gasteiger partial charge in [0.15, 0.2) is 5.78 Å². The zero-order valence-corrected chi connectivity index (χ0v) is 10.6. The second kappa shape index (κ2) is 5.01. The Bertz CT molecular complexity index is 838. The van der Waals surface area contributed by atoms with Gasteiger partial charge in [-0.2, -0.15) is 0 Å². The van der Waals surface area contributed by atoms with E-state index >= 15 is 0 Å². The molecule has 104 valence electrons. The van der Waals surface area contributed by atoms with Crippen molar-refractivity contribution < 1.29 is 18.0 Å². The van der Waals surface area contributed by atoms with E-state index in [0.717, 1.165) is 0 Å². The molecular weight excluding hydrogens is 279 g/mol. The molecule has 0 N–H and O–H groups in total. The van der Waals surface area contributed by atoms with Gasteiger partial charge in [0, 0.05) is 29.3 Å². The van der Waals surface area contributed by atoms with E-state index in [2.05, 4.69) is 4.98 Å². The van der Waals surface area contributed by atoms with E-state index in [1.165, 1.54) is 12.1 Å². The van der Waals surface area contributed by atoms with Crippen molar-refractivity contribution in [1.82, 2.24) is 4.98 Å². The molecule has 0 bridgehead atoms. The summed E-state index contributed by atoms with van der Waals surface area (Å²) >= 11 is 0. The Labute approximate surface area is 117 Å². The van der Waals surface area contributed by atoms with Crippen LogP contribution in [0.4, 0.5) is 13.2 Å². The molecule has 0 aliphatic carbocycles. The quantitative estimate of drug-likeness (QED) is 0.669. The molecule has 2 aromatic carbocycles. The van der Waals surface area contributed by atoms with E-state index in [9.17, 15) is 18.0 Å². The molecular formula is C16H8F3NO. The van der Waals surface area contributed by atoms with Crippen LogP contribution in [0.15, 0.2) is 48.7 Å². The minimum Gasteiger partial charge on any atom is -0.288 e. The van der Waals surface area contributed by atoms with Crippen LogP contribution in [-0.4, -0.2) is 10.8 Å². The van der Waals surface area contributed by atoms with Crippen LogP contribution in [0.1, 0.15) is 15.9 Å². The van der Waals surface area contributed by atoms with Crippen molar-refractivity contribution in [3.05, 3.63) is 77.2 Å².